The fraction of sp³-hybridized carbons (Fsp3) is 1.00. The summed E-state index contributed by atoms with van der Waals surface area (Å²) >= 11 is 0. The second-order valence-electron chi connectivity index (χ2n) is 6.10. The molecule has 2 fully saturated rings. The zero-order valence-electron chi connectivity index (χ0n) is 10.1. The standard InChI is InChI=1S/C14H26/c1-4-5-14-11(3)8-12-6-10(2)7-13(14)9-12/h10-14H,4-9H2,1-3H3. The first-order valence-electron chi connectivity index (χ1n) is 6.70. The van der Waals surface area contributed by atoms with Gasteiger partial charge in [0, 0.05) is 0 Å². The summed E-state index contributed by atoms with van der Waals surface area (Å²) in [5.41, 5.74) is 0. The minimum Gasteiger partial charge on any atom is -0.0654 e. The molecule has 0 spiro atoms. The van der Waals surface area contributed by atoms with E-state index >= 15 is 0 Å². The van der Waals surface area contributed by atoms with Gasteiger partial charge in [-0.05, 0) is 55.3 Å². The smallest absolute Gasteiger partial charge is 0.0360 e. The van der Waals surface area contributed by atoms with E-state index in [0.29, 0.717) is 0 Å². The fourth-order valence-corrected chi connectivity index (χ4v) is 4.36. The first-order chi connectivity index (χ1) is 6.70. The van der Waals surface area contributed by atoms with Gasteiger partial charge in [-0.15, -0.1) is 0 Å². The summed E-state index contributed by atoms with van der Waals surface area (Å²) < 4.78 is 0. The second kappa shape index (κ2) is 4.24. The normalized spacial score (nSPS) is 47.8. The molecule has 0 aromatic rings. The average Bonchev–Trinajstić information content (AvgIpc) is 2.11. The number of fused-ring (bicyclic) bond motifs is 2. The maximum Gasteiger partial charge on any atom is -0.0360 e. The Labute approximate surface area is 89.5 Å². The number of hydrogen-bond acceptors (Lipinski definition) is 0. The molecule has 0 heteroatoms. The highest BCUT2D eigenvalue weighted by Gasteiger charge is 2.39. The Morgan fingerprint density at radius 1 is 1.00 bits per heavy atom. The summed E-state index contributed by atoms with van der Waals surface area (Å²) in [5, 5.41) is 0. The van der Waals surface area contributed by atoms with Crippen molar-refractivity contribution in [3.8, 4) is 0 Å². The molecule has 0 aromatic carbocycles. The highest BCUT2D eigenvalue weighted by molar-refractivity contribution is 4.89. The van der Waals surface area contributed by atoms with Crippen molar-refractivity contribution in [2.24, 2.45) is 29.6 Å². The Morgan fingerprint density at radius 2 is 1.79 bits per heavy atom. The van der Waals surface area contributed by atoms with Crippen molar-refractivity contribution in [2.45, 2.75) is 59.3 Å². The van der Waals surface area contributed by atoms with E-state index in [4.69, 9.17) is 0 Å². The van der Waals surface area contributed by atoms with Gasteiger partial charge in [0.15, 0.2) is 0 Å². The van der Waals surface area contributed by atoms with Gasteiger partial charge in [0.2, 0.25) is 0 Å². The van der Waals surface area contributed by atoms with Gasteiger partial charge in [0.1, 0.15) is 0 Å². The third kappa shape index (κ3) is 1.99. The van der Waals surface area contributed by atoms with Crippen molar-refractivity contribution >= 4 is 0 Å². The van der Waals surface area contributed by atoms with Gasteiger partial charge in [-0.3, -0.25) is 0 Å². The summed E-state index contributed by atoms with van der Waals surface area (Å²) in [4.78, 5) is 0. The molecule has 82 valence electrons. The van der Waals surface area contributed by atoms with Crippen LogP contribution in [0.2, 0.25) is 0 Å². The predicted octanol–water partition coefficient (Wildman–Crippen LogP) is 4.49. The molecule has 2 saturated carbocycles. The van der Waals surface area contributed by atoms with Crippen LogP contribution in [0.25, 0.3) is 0 Å². The molecule has 0 heterocycles. The lowest BCUT2D eigenvalue weighted by atomic mass is 9.59. The topological polar surface area (TPSA) is 0 Å². The van der Waals surface area contributed by atoms with Crippen LogP contribution < -0.4 is 0 Å². The highest BCUT2D eigenvalue weighted by Crippen LogP contribution is 2.49. The Bertz CT molecular complexity index is 180. The quantitative estimate of drug-likeness (QED) is 0.607. The van der Waals surface area contributed by atoms with Crippen LogP contribution in [0.4, 0.5) is 0 Å². The number of hydrogen-bond donors (Lipinski definition) is 0. The van der Waals surface area contributed by atoms with E-state index in [2.05, 4.69) is 20.8 Å². The summed E-state index contributed by atoms with van der Waals surface area (Å²) in [6, 6.07) is 0. The van der Waals surface area contributed by atoms with Crippen molar-refractivity contribution in [1.29, 1.82) is 0 Å². The zero-order chi connectivity index (χ0) is 10.1. The first-order valence-corrected chi connectivity index (χ1v) is 6.70. The molecule has 14 heavy (non-hydrogen) atoms. The van der Waals surface area contributed by atoms with E-state index < -0.39 is 0 Å². The molecule has 2 bridgehead atoms. The van der Waals surface area contributed by atoms with Gasteiger partial charge < -0.3 is 0 Å². The molecular weight excluding hydrogens is 168 g/mol. The zero-order valence-corrected chi connectivity index (χ0v) is 10.1. The van der Waals surface area contributed by atoms with E-state index in [-0.39, 0.29) is 0 Å². The molecule has 0 aliphatic heterocycles. The van der Waals surface area contributed by atoms with Crippen molar-refractivity contribution in [1.82, 2.24) is 0 Å². The first kappa shape index (κ1) is 10.5. The van der Waals surface area contributed by atoms with Gasteiger partial charge in [0.05, 0.1) is 0 Å². The Morgan fingerprint density at radius 3 is 2.50 bits per heavy atom. The maximum absolute atomic E-state index is 2.51. The third-order valence-corrected chi connectivity index (χ3v) is 4.74. The van der Waals surface area contributed by atoms with Crippen LogP contribution in [-0.4, -0.2) is 0 Å². The maximum atomic E-state index is 2.51. The molecule has 0 nitrogen and oxygen atoms in total. The molecule has 2 aliphatic rings. The molecule has 0 N–H and O–H groups in total. The predicted molar refractivity (Wildman–Crippen MR) is 62.2 cm³/mol. The molecule has 2 aliphatic carbocycles. The largest absolute Gasteiger partial charge is 0.0654 e. The Balaban J connectivity index is 2.02. The van der Waals surface area contributed by atoms with E-state index in [1.165, 1.54) is 32.1 Å². The van der Waals surface area contributed by atoms with Crippen molar-refractivity contribution in [2.75, 3.05) is 0 Å². The molecule has 2 rings (SSSR count). The fourth-order valence-electron chi connectivity index (χ4n) is 4.36. The highest BCUT2D eigenvalue weighted by atomic mass is 14.4. The van der Waals surface area contributed by atoms with Crippen LogP contribution in [0.3, 0.4) is 0 Å². The SMILES string of the molecule is CCCC1C(C)CC2CC(C)CC1C2. The second-order valence-corrected chi connectivity index (χ2v) is 6.10. The van der Waals surface area contributed by atoms with Gasteiger partial charge in [0.25, 0.3) is 0 Å². The Hall–Kier alpha value is 0. The van der Waals surface area contributed by atoms with Crippen LogP contribution >= 0.6 is 0 Å². The lowest BCUT2D eigenvalue weighted by Gasteiger charge is -2.46. The third-order valence-electron chi connectivity index (χ3n) is 4.74. The summed E-state index contributed by atoms with van der Waals surface area (Å²) in [5.74, 6) is 5.29. The van der Waals surface area contributed by atoms with Gasteiger partial charge in [-0.25, -0.2) is 0 Å². The molecule has 0 amide bonds. The van der Waals surface area contributed by atoms with Gasteiger partial charge in [-0.1, -0.05) is 33.6 Å². The van der Waals surface area contributed by atoms with Crippen LogP contribution in [0.5, 0.6) is 0 Å². The van der Waals surface area contributed by atoms with E-state index in [9.17, 15) is 0 Å². The van der Waals surface area contributed by atoms with E-state index in [0.717, 1.165) is 29.6 Å². The minimum absolute atomic E-state index is 1.02. The van der Waals surface area contributed by atoms with Crippen molar-refractivity contribution in [3.63, 3.8) is 0 Å². The van der Waals surface area contributed by atoms with E-state index in [1.54, 1.807) is 6.42 Å². The van der Waals surface area contributed by atoms with Crippen LogP contribution in [0.15, 0.2) is 0 Å². The Kier molecular flexibility index (Phi) is 3.19. The summed E-state index contributed by atoms with van der Waals surface area (Å²) in [6.07, 6.45) is 9.05. The molecule has 0 aromatic heterocycles. The van der Waals surface area contributed by atoms with Crippen molar-refractivity contribution < 1.29 is 0 Å². The van der Waals surface area contributed by atoms with Gasteiger partial charge >= 0.3 is 0 Å². The van der Waals surface area contributed by atoms with Crippen LogP contribution in [0.1, 0.15) is 59.3 Å². The molecule has 5 atom stereocenters. The molecule has 5 unspecified atom stereocenters. The minimum atomic E-state index is 1.02. The van der Waals surface area contributed by atoms with Crippen molar-refractivity contribution in [3.05, 3.63) is 0 Å². The molecular formula is C14H26. The van der Waals surface area contributed by atoms with Crippen LogP contribution in [-0.2, 0) is 0 Å². The number of rotatable bonds is 2. The molecule has 0 saturated heterocycles. The lowest BCUT2D eigenvalue weighted by Crippen LogP contribution is -2.36. The average molecular weight is 194 g/mol. The van der Waals surface area contributed by atoms with Gasteiger partial charge in [-0.2, -0.15) is 0 Å². The summed E-state index contributed by atoms with van der Waals surface area (Å²) in [6.45, 7) is 7.33. The lowest BCUT2D eigenvalue weighted by molar-refractivity contribution is 0.0417. The summed E-state index contributed by atoms with van der Waals surface area (Å²) in [7, 11) is 0. The van der Waals surface area contributed by atoms with Crippen LogP contribution in [0, 0.1) is 29.6 Å². The monoisotopic (exact) mass is 194 g/mol. The molecule has 0 radical (unpaired) electrons. The van der Waals surface area contributed by atoms with E-state index in [1.807, 2.05) is 0 Å².